The van der Waals surface area contributed by atoms with E-state index in [1.165, 1.54) is 14.0 Å². The third-order valence-electron chi connectivity index (χ3n) is 4.37. The zero-order valence-electron chi connectivity index (χ0n) is 15.6. The van der Waals surface area contributed by atoms with Gasteiger partial charge in [-0.3, -0.25) is 9.59 Å². The van der Waals surface area contributed by atoms with Crippen LogP contribution in [0.3, 0.4) is 0 Å². The third kappa shape index (κ3) is 4.37. The number of benzene rings is 2. The number of amides is 2. The second-order valence-electron chi connectivity index (χ2n) is 6.37. The molecule has 1 aromatic heterocycles. The van der Waals surface area contributed by atoms with E-state index in [0.717, 1.165) is 16.5 Å². The molecule has 0 aliphatic heterocycles. The highest BCUT2D eigenvalue weighted by Crippen LogP contribution is 2.20. The summed E-state index contributed by atoms with van der Waals surface area (Å²) in [5.41, 5.74) is 2.81. The Morgan fingerprint density at radius 2 is 1.79 bits per heavy atom. The number of rotatable bonds is 6. The van der Waals surface area contributed by atoms with Gasteiger partial charge in [0.2, 0.25) is 11.8 Å². The van der Waals surface area contributed by atoms with Gasteiger partial charge in [0.1, 0.15) is 6.04 Å². The van der Waals surface area contributed by atoms with Gasteiger partial charge in [-0.2, -0.15) is 0 Å². The Kier molecular flexibility index (Phi) is 5.74. The van der Waals surface area contributed by atoms with Gasteiger partial charge in [-0.1, -0.05) is 18.2 Å². The Bertz CT molecular complexity index is 1010. The van der Waals surface area contributed by atoms with Crippen LogP contribution in [0.2, 0.25) is 0 Å². The Morgan fingerprint density at radius 3 is 2.46 bits per heavy atom. The minimum atomic E-state index is -0.739. The summed E-state index contributed by atoms with van der Waals surface area (Å²) < 4.78 is 4.66. The predicted octanol–water partition coefficient (Wildman–Crippen LogP) is 2.64. The maximum atomic E-state index is 12.8. The zero-order valence-corrected chi connectivity index (χ0v) is 15.6. The van der Waals surface area contributed by atoms with Crippen molar-refractivity contribution in [2.75, 3.05) is 12.4 Å². The van der Waals surface area contributed by atoms with E-state index in [0.29, 0.717) is 17.7 Å². The molecule has 0 bridgehead atoms. The number of esters is 1. The highest BCUT2D eigenvalue weighted by Gasteiger charge is 2.21. The quantitative estimate of drug-likeness (QED) is 0.573. The van der Waals surface area contributed by atoms with Crippen molar-refractivity contribution in [3.05, 3.63) is 65.9 Å². The second-order valence-corrected chi connectivity index (χ2v) is 6.37. The fraction of sp³-hybridized carbons (Fsp3) is 0.190. The number of anilines is 1. The predicted molar refractivity (Wildman–Crippen MR) is 106 cm³/mol. The van der Waals surface area contributed by atoms with E-state index < -0.39 is 12.0 Å². The van der Waals surface area contributed by atoms with Crippen molar-refractivity contribution in [2.45, 2.75) is 19.4 Å². The number of carbonyl (C=O) groups excluding carboxylic acids is 3. The first-order valence-corrected chi connectivity index (χ1v) is 8.79. The summed E-state index contributed by atoms with van der Waals surface area (Å²) in [4.78, 5) is 39.0. The Morgan fingerprint density at radius 1 is 1.07 bits per heavy atom. The van der Waals surface area contributed by atoms with Gasteiger partial charge >= 0.3 is 5.97 Å². The molecule has 28 heavy (non-hydrogen) atoms. The summed E-state index contributed by atoms with van der Waals surface area (Å²) in [5, 5.41) is 6.49. The largest absolute Gasteiger partial charge is 0.465 e. The first-order valence-electron chi connectivity index (χ1n) is 8.79. The molecule has 0 saturated heterocycles. The van der Waals surface area contributed by atoms with Crippen molar-refractivity contribution in [3.8, 4) is 0 Å². The number of nitrogens with one attached hydrogen (secondary N) is 3. The molecule has 3 aromatic rings. The molecule has 1 atom stereocenters. The van der Waals surface area contributed by atoms with Crippen molar-refractivity contribution >= 4 is 34.4 Å². The second kappa shape index (κ2) is 8.39. The molecule has 1 heterocycles. The van der Waals surface area contributed by atoms with Crippen molar-refractivity contribution in [1.82, 2.24) is 10.3 Å². The molecule has 144 valence electrons. The van der Waals surface area contributed by atoms with E-state index >= 15 is 0 Å². The molecule has 3 N–H and O–H groups in total. The van der Waals surface area contributed by atoms with E-state index in [1.54, 1.807) is 24.3 Å². The number of fused-ring (bicyclic) bond motifs is 1. The lowest BCUT2D eigenvalue weighted by atomic mass is 10.0. The number of ether oxygens (including phenoxy) is 1. The van der Waals surface area contributed by atoms with Crippen LogP contribution in [0.1, 0.15) is 22.8 Å². The molecule has 0 saturated carbocycles. The lowest BCUT2D eigenvalue weighted by Crippen LogP contribution is -2.44. The summed E-state index contributed by atoms with van der Waals surface area (Å²) in [7, 11) is 1.31. The van der Waals surface area contributed by atoms with E-state index in [1.807, 2.05) is 30.5 Å². The topological polar surface area (TPSA) is 100 Å². The van der Waals surface area contributed by atoms with Crippen LogP contribution in [0.25, 0.3) is 10.9 Å². The average molecular weight is 379 g/mol. The van der Waals surface area contributed by atoms with Crippen LogP contribution in [0.4, 0.5) is 5.69 Å². The number of para-hydroxylation sites is 1. The monoisotopic (exact) mass is 379 g/mol. The Balaban J connectivity index is 1.76. The maximum absolute atomic E-state index is 12.8. The molecule has 0 radical (unpaired) electrons. The van der Waals surface area contributed by atoms with Gasteiger partial charge in [0.25, 0.3) is 0 Å². The molecule has 2 amide bonds. The number of aromatic amines is 1. The number of hydrogen-bond donors (Lipinski definition) is 3. The van der Waals surface area contributed by atoms with Crippen molar-refractivity contribution in [1.29, 1.82) is 0 Å². The summed E-state index contributed by atoms with van der Waals surface area (Å²) in [6, 6.07) is 13.4. The zero-order chi connectivity index (χ0) is 20.1. The minimum absolute atomic E-state index is 0.291. The molecule has 1 unspecified atom stereocenters. The van der Waals surface area contributed by atoms with E-state index in [2.05, 4.69) is 20.4 Å². The first-order chi connectivity index (χ1) is 13.5. The molecular weight excluding hydrogens is 358 g/mol. The molecule has 7 heteroatoms. The summed E-state index contributed by atoms with van der Waals surface area (Å²) in [6.07, 6.45) is 2.19. The number of carbonyl (C=O) groups is 3. The molecular formula is C21H21N3O4. The summed E-state index contributed by atoms with van der Waals surface area (Å²) in [5.74, 6) is -1.08. The highest BCUT2D eigenvalue weighted by atomic mass is 16.5. The smallest absolute Gasteiger partial charge is 0.337 e. The molecule has 0 aliphatic carbocycles. The molecule has 0 spiro atoms. The SMILES string of the molecule is COC(=O)c1ccc(NC(=O)C(Cc2c[nH]c3ccccc23)NC(C)=O)cc1. The fourth-order valence-electron chi connectivity index (χ4n) is 3.01. The fourth-order valence-corrected chi connectivity index (χ4v) is 3.01. The highest BCUT2D eigenvalue weighted by molar-refractivity contribution is 5.98. The average Bonchev–Trinajstić information content (AvgIpc) is 3.10. The van der Waals surface area contributed by atoms with Crippen LogP contribution in [0, 0.1) is 0 Å². The van der Waals surface area contributed by atoms with Crippen LogP contribution >= 0.6 is 0 Å². The van der Waals surface area contributed by atoms with Gasteiger partial charge in [0, 0.05) is 36.1 Å². The Hall–Kier alpha value is -3.61. The van der Waals surface area contributed by atoms with Crippen LogP contribution < -0.4 is 10.6 Å². The van der Waals surface area contributed by atoms with Crippen molar-refractivity contribution in [2.24, 2.45) is 0 Å². The van der Waals surface area contributed by atoms with Gasteiger partial charge in [0.05, 0.1) is 12.7 Å². The van der Waals surface area contributed by atoms with E-state index in [-0.39, 0.29) is 11.8 Å². The molecule has 0 aliphatic rings. The van der Waals surface area contributed by atoms with Gasteiger partial charge in [0.15, 0.2) is 0 Å². The maximum Gasteiger partial charge on any atom is 0.337 e. The first kappa shape index (κ1) is 19.2. The molecule has 3 rings (SSSR count). The molecule has 2 aromatic carbocycles. The standard InChI is InChI=1S/C21H21N3O4/c1-13(25)23-19(11-15-12-22-18-6-4-3-5-17(15)18)20(26)24-16-9-7-14(8-10-16)21(27)28-2/h3-10,12,19,22H,11H2,1-2H3,(H,23,25)(H,24,26). The van der Waals surface area contributed by atoms with Gasteiger partial charge in [-0.15, -0.1) is 0 Å². The number of methoxy groups -OCH3 is 1. The molecule has 7 nitrogen and oxygen atoms in total. The number of aromatic nitrogens is 1. The lowest BCUT2D eigenvalue weighted by molar-refractivity contribution is -0.125. The molecule has 0 fully saturated rings. The Labute approximate surface area is 162 Å². The number of H-pyrrole nitrogens is 1. The van der Waals surface area contributed by atoms with Crippen LogP contribution in [0.15, 0.2) is 54.7 Å². The van der Waals surface area contributed by atoms with Crippen molar-refractivity contribution in [3.63, 3.8) is 0 Å². The van der Waals surface area contributed by atoms with Crippen molar-refractivity contribution < 1.29 is 19.1 Å². The third-order valence-corrected chi connectivity index (χ3v) is 4.37. The van der Waals surface area contributed by atoms with Gasteiger partial charge in [-0.05, 0) is 35.9 Å². The van der Waals surface area contributed by atoms with Crippen LogP contribution in [0.5, 0.6) is 0 Å². The summed E-state index contributed by atoms with van der Waals surface area (Å²) in [6.45, 7) is 1.38. The van der Waals surface area contributed by atoms with Crippen LogP contribution in [-0.2, 0) is 20.7 Å². The van der Waals surface area contributed by atoms with Crippen LogP contribution in [-0.4, -0.2) is 35.9 Å². The van der Waals surface area contributed by atoms with Gasteiger partial charge in [-0.25, -0.2) is 4.79 Å². The minimum Gasteiger partial charge on any atom is -0.465 e. The van der Waals surface area contributed by atoms with Gasteiger partial charge < -0.3 is 20.4 Å². The number of hydrogen-bond acceptors (Lipinski definition) is 4. The van der Waals surface area contributed by atoms with E-state index in [9.17, 15) is 14.4 Å². The normalized spacial score (nSPS) is 11.6. The van der Waals surface area contributed by atoms with E-state index in [4.69, 9.17) is 0 Å². The lowest BCUT2D eigenvalue weighted by Gasteiger charge is -2.17. The summed E-state index contributed by atoms with van der Waals surface area (Å²) >= 11 is 0.